The Balaban J connectivity index is 0.716. The van der Waals surface area contributed by atoms with Crippen LogP contribution >= 0.6 is 0 Å². The zero-order valence-electron chi connectivity index (χ0n) is 39.3. The van der Waals surface area contributed by atoms with Gasteiger partial charge in [-0.25, -0.2) is 0 Å². The second-order valence-electron chi connectivity index (χ2n) is 19.9. The molecule has 33 nitrogen and oxygen atoms in total. The molecule has 0 saturated carbocycles. The molecule has 10 aliphatic rings. The summed E-state index contributed by atoms with van der Waals surface area (Å²) in [5, 5.41) is 180. The van der Waals surface area contributed by atoms with E-state index in [2.05, 4.69) is 0 Å². The minimum Gasteiger partial charge on any atom is -0.394 e. The monoisotopic (exact) mass is 1100 g/mol. The summed E-state index contributed by atoms with van der Waals surface area (Å²) in [7, 11) is 0. The molecular formula is C42H66O33. The van der Waals surface area contributed by atoms with Crippen molar-refractivity contribution in [2.75, 3.05) is 46.2 Å². The first-order valence-electron chi connectivity index (χ1n) is 24.5. The lowest BCUT2D eigenvalue weighted by atomic mass is 9.96. The summed E-state index contributed by atoms with van der Waals surface area (Å²) in [6, 6.07) is 0. The van der Waals surface area contributed by atoms with E-state index in [-0.39, 0.29) is 19.8 Å². The smallest absolute Gasteiger partial charge is 0.187 e. The molecule has 0 radical (unpaired) electrons. The van der Waals surface area contributed by atoms with Gasteiger partial charge in [-0.2, -0.15) is 0 Å². The van der Waals surface area contributed by atoms with Crippen molar-refractivity contribution in [3.8, 4) is 0 Å². The fraction of sp³-hybridized carbons (Fsp3) is 1.00. The number of fused-ring (bicyclic) bond motifs is 6. The highest BCUT2D eigenvalue weighted by Gasteiger charge is 2.62. The number of ether oxygens (including phenoxy) is 16. The maximum absolute atomic E-state index is 11.5. The van der Waals surface area contributed by atoms with Crippen LogP contribution in [0.5, 0.6) is 0 Å². The first-order chi connectivity index (χ1) is 35.9. The van der Waals surface area contributed by atoms with Gasteiger partial charge in [-0.15, -0.1) is 0 Å². The van der Waals surface area contributed by atoms with Crippen molar-refractivity contribution in [3.63, 3.8) is 0 Å². The Labute approximate surface area is 423 Å². The van der Waals surface area contributed by atoms with Crippen LogP contribution in [0.25, 0.3) is 0 Å². The van der Waals surface area contributed by atoms with Gasteiger partial charge in [0.2, 0.25) is 0 Å². The fourth-order valence-electron chi connectivity index (χ4n) is 11.1. The van der Waals surface area contributed by atoms with E-state index in [1.807, 2.05) is 0 Å². The third kappa shape index (κ3) is 10.5. The van der Waals surface area contributed by atoms with E-state index in [1.54, 1.807) is 0 Å². The van der Waals surface area contributed by atoms with Crippen molar-refractivity contribution < 1.29 is 163 Å². The standard InChI is InChI=1S/C42H66O33/c43-1-8-15(47)16(48)21(53)37(64-8)73-30-12-5-60-33(30)24(56)40(67-12)72-29-11(4-46)66-39(23(55)19(29)51)74-31-13-6-62-35(31)26(58)42(69-13)75-32-14-7-61-34(32)25(57)41(68-14)71-28-10(3-45)65-38(22(54)18(28)50)70-27-9(2-44)63-36(59)20(52)17(27)49/h8-59H,1-7H2/t8-,9-,10-,11-,12-,13-,14-,15-,16+,17-,18-,19-,20-,21-,22-,23-,24-,25-,26-,27-,28-,29-,30-,31-,32-,33-,34-,35-,36+,37-,38-,39-,40-,41-,42-/m1/s1. The van der Waals surface area contributed by atoms with Gasteiger partial charge in [0.15, 0.2) is 44.0 Å². The first kappa shape index (κ1) is 56.9. The van der Waals surface area contributed by atoms with Gasteiger partial charge in [-0.3, -0.25) is 0 Å². The summed E-state index contributed by atoms with van der Waals surface area (Å²) in [5.41, 5.74) is 0. The van der Waals surface area contributed by atoms with Gasteiger partial charge < -0.3 is 163 Å². The van der Waals surface area contributed by atoms with Gasteiger partial charge >= 0.3 is 0 Å². The molecular weight excluding hydrogens is 1030 g/mol. The predicted molar refractivity (Wildman–Crippen MR) is 222 cm³/mol. The lowest BCUT2D eigenvalue weighted by Crippen LogP contribution is -2.66. The molecule has 75 heavy (non-hydrogen) atoms. The molecule has 6 bridgehead atoms. The molecule has 10 fully saturated rings. The Kier molecular flexibility index (Phi) is 17.7. The van der Waals surface area contributed by atoms with E-state index >= 15 is 0 Å². The van der Waals surface area contributed by atoms with Crippen LogP contribution in [0.1, 0.15) is 0 Å². The summed E-state index contributed by atoms with van der Waals surface area (Å²) in [6.07, 6.45) is -53.5. The van der Waals surface area contributed by atoms with E-state index in [0.717, 1.165) is 0 Å². The topological polar surface area (TPSA) is 492 Å². The van der Waals surface area contributed by atoms with Gasteiger partial charge in [0, 0.05) is 0 Å². The molecule has 17 N–H and O–H groups in total. The third-order valence-electron chi connectivity index (χ3n) is 15.3. The second kappa shape index (κ2) is 23.3. The molecule has 0 aromatic heterocycles. The summed E-state index contributed by atoms with van der Waals surface area (Å²) in [4.78, 5) is 0. The van der Waals surface area contributed by atoms with Crippen LogP contribution in [0.15, 0.2) is 0 Å². The number of rotatable bonds is 16. The average Bonchev–Trinajstić information content (AvgIpc) is 4.03. The van der Waals surface area contributed by atoms with E-state index in [1.165, 1.54) is 0 Å². The molecule has 0 aromatic rings. The maximum Gasteiger partial charge on any atom is 0.187 e. The van der Waals surface area contributed by atoms with Crippen LogP contribution in [0.3, 0.4) is 0 Å². The Bertz CT molecular complexity index is 1860. The van der Waals surface area contributed by atoms with Crippen LogP contribution in [-0.4, -0.2) is 348 Å². The quantitative estimate of drug-likeness (QED) is 0.0682. The summed E-state index contributed by atoms with van der Waals surface area (Å²) < 4.78 is 92.4. The predicted octanol–water partition coefficient (Wildman–Crippen LogP) is -13.1. The third-order valence-corrected chi connectivity index (χ3v) is 15.3. The second-order valence-corrected chi connectivity index (χ2v) is 19.9. The first-order valence-corrected chi connectivity index (χ1v) is 24.5. The van der Waals surface area contributed by atoms with Crippen molar-refractivity contribution in [2.45, 2.75) is 215 Å². The number of aliphatic hydroxyl groups is 17. The highest BCUT2D eigenvalue weighted by Crippen LogP contribution is 2.42. The van der Waals surface area contributed by atoms with E-state index in [0.29, 0.717) is 0 Å². The van der Waals surface area contributed by atoms with Gasteiger partial charge in [0.1, 0.15) is 171 Å². The zero-order valence-corrected chi connectivity index (χ0v) is 39.3. The van der Waals surface area contributed by atoms with E-state index < -0.39 is 241 Å². The molecule has 10 rings (SSSR count). The number of hydrogen-bond acceptors (Lipinski definition) is 33. The molecule has 10 saturated heterocycles. The molecule has 432 valence electrons. The maximum atomic E-state index is 11.5. The van der Waals surface area contributed by atoms with Crippen LogP contribution in [-0.2, 0) is 75.8 Å². The molecule has 0 aliphatic carbocycles. The highest BCUT2D eigenvalue weighted by atomic mass is 16.8. The van der Waals surface area contributed by atoms with Gasteiger partial charge in [0.25, 0.3) is 0 Å². The van der Waals surface area contributed by atoms with E-state index in [4.69, 9.17) is 75.8 Å². The van der Waals surface area contributed by atoms with Crippen LogP contribution < -0.4 is 0 Å². The summed E-state index contributed by atoms with van der Waals surface area (Å²) in [5.74, 6) is 0. The molecule has 0 unspecified atom stereocenters. The van der Waals surface area contributed by atoms with Crippen molar-refractivity contribution in [2.24, 2.45) is 0 Å². The van der Waals surface area contributed by atoms with Crippen molar-refractivity contribution in [1.82, 2.24) is 0 Å². The van der Waals surface area contributed by atoms with Crippen LogP contribution in [0.4, 0.5) is 0 Å². The minimum atomic E-state index is -1.96. The molecule has 0 aromatic carbocycles. The SMILES string of the molecule is OC[C@H]1O[C@H](O[C@H]2[C@@H]3OC[C@H]2O[C@H](O[C@H]2[C@H](O)[C@@H](O)[C@@H](O[C@H]4[C@@H]5OC[C@H]4O[C@H](O[C@H]4[C@@H]6OC[C@H]4O[C@H](O[C@H]4[C@H](O)[C@@H](O)[C@@H](O[C@H]7[C@H](O)[C@@H](O)[C@@H](O)O[C@@H]7CO)O[C@@H]4CO)[C@@H]6O)[C@@H]5O)O[C@@H]2CO)[C@@H]3O)[C@H](O)[C@@H](O)[C@@H]1O. The Morgan fingerprint density at radius 2 is 0.547 bits per heavy atom. The largest absolute Gasteiger partial charge is 0.394 e. The molecule has 33 heteroatoms. The zero-order chi connectivity index (χ0) is 53.5. The van der Waals surface area contributed by atoms with Gasteiger partial charge in [-0.1, -0.05) is 0 Å². The molecule has 10 heterocycles. The molecule has 0 spiro atoms. The number of hydrogen-bond donors (Lipinski definition) is 17. The fourth-order valence-corrected chi connectivity index (χ4v) is 11.1. The average molecular weight is 1100 g/mol. The minimum absolute atomic E-state index is 0.162. The molecule has 35 atom stereocenters. The van der Waals surface area contributed by atoms with Crippen molar-refractivity contribution in [1.29, 1.82) is 0 Å². The number of aliphatic hydroxyl groups excluding tert-OH is 17. The van der Waals surface area contributed by atoms with Gasteiger partial charge in [-0.05, 0) is 0 Å². The van der Waals surface area contributed by atoms with E-state index in [9.17, 15) is 86.8 Å². The summed E-state index contributed by atoms with van der Waals surface area (Å²) in [6.45, 7) is -3.70. The normalized spacial score (nSPS) is 56.8. The Morgan fingerprint density at radius 1 is 0.267 bits per heavy atom. The van der Waals surface area contributed by atoms with Crippen LogP contribution in [0, 0.1) is 0 Å². The Morgan fingerprint density at radius 3 is 0.893 bits per heavy atom. The summed E-state index contributed by atoms with van der Waals surface area (Å²) >= 11 is 0. The van der Waals surface area contributed by atoms with Gasteiger partial charge in [0.05, 0.1) is 46.2 Å². The lowest BCUT2D eigenvalue weighted by Gasteiger charge is -2.48. The highest BCUT2D eigenvalue weighted by molar-refractivity contribution is 5.04. The van der Waals surface area contributed by atoms with Crippen molar-refractivity contribution in [3.05, 3.63) is 0 Å². The lowest BCUT2D eigenvalue weighted by molar-refractivity contribution is -0.380. The molecule has 10 aliphatic heterocycles. The van der Waals surface area contributed by atoms with Crippen LogP contribution in [0.2, 0.25) is 0 Å². The Hall–Kier alpha value is -1.32. The van der Waals surface area contributed by atoms with Crippen molar-refractivity contribution >= 4 is 0 Å². The molecule has 0 amide bonds.